The van der Waals surface area contributed by atoms with Crippen molar-refractivity contribution in [2.75, 3.05) is 17.7 Å². The summed E-state index contributed by atoms with van der Waals surface area (Å²) in [6.07, 6.45) is 2.50. The number of aromatic nitrogens is 1. The summed E-state index contributed by atoms with van der Waals surface area (Å²) in [5.41, 5.74) is 4.56. The third-order valence-electron chi connectivity index (χ3n) is 4.37. The van der Waals surface area contributed by atoms with Crippen LogP contribution < -0.4 is 15.4 Å². The highest BCUT2D eigenvalue weighted by Gasteiger charge is 2.11. The van der Waals surface area contributed by atoms with Crippen molar-refractivity contribution in [3.8, 4) is 5.75 Å². The molecule has 0 saturated heterocycles. The van der Waals surface area contributed by atoms with Crippen LogP contribution in [0.25, 0.3) is 0 Å². The second kappa shape index (κ2) is 8.36. The number of nitrogens with zero attached hydrogens (tertiary/aromatic N) is 1. The highest BCUT2D eigenvalue weighted by molar-refractivity contribution is 6.04. The first-order chi connectivity index (χ1) is 13.1. The molecule has 27 heavy (non-hydrogen) atoms. The number of pyridine rings is 1. The van der Waals surface area contributed by atoms with Gasteiger partial charge in [0.1, 0.15) is 11.6 Å². The third kappa shape index (κ3) is 4.26. The predicted molar refractivity (Wildman–Crippen MR) is 109 cm³/mol. The number of para-hydroxylation sites is 3. The predicted octanol–water partition coefficient (Wildman–Crippen LogP) is 4.96. The van der Waals surface area contributed by atoms with Gasteiger partial charge in [-0.15, -0.1) is 0 Å². The van der Waals surface area contributed by atoms with Crippen molar-refractivity contribution >= 4 is 23.1 Å². The van der Waals surface area contributed by atoms with Crippen molar-refractivity contribution in [1.29, 1.82) is 0 Å². The number of carbonyl (C=O) groups is 1. The van der Waals surface area contributed by atoms with Gasteiger partial charge in [-0.3, -0.25) is 4.79 Å². The summed E-state index contributed by atoms with van der Waals surface area (Å²) in [5.74, 6) is 1.08. The van der Waals surface area contributed by atoms with Crippen LogP contribution in [0, 0.1) is 6.92 Å². The van der Waals surface area contributed by atoms with E-state index in [4.69, 9.17) is 4.74 Å². The molecule has 0 radical (unpaired) electrons. The largest absolute Gasteiger partial charge is 0.495 e. The molecule has 5 heteroatoms. The monoisotopic (exact) mass is 361 g/mol. The highest BCUT2D eigenvalue weighted by atomic mass is 16.5. The molecule has 2 N–H and O–H groups in total. The lowest BCUT2D eigenvalue weighted by molar-refractivity contribution is 0.102. The van der Waals surface area contributed by atoms with Crippen molar-refractivity contribution in [2.24, 2.45) is 0 Å². The number of carbonyl (C=O) groups excluding carboxylic acids is 1. The Morgan fingerprint density at radius 3 is 2.59 bits per heavy atom. The molecule has 1 heterocycles. The van der Waals surface area contributed by atoms with E-state index in [1.54, 1.807) is 31.5 Å². The Labute approximate surface area is 159 Å². The summed E-state index contributed by atoms with van der Waals surface area (Å²) in [6, 6.07) is 17.1. The number of ether oxygens (including phenoxy) is 1. The van der Waals surface area contributed by atoms with Crippen molar-refractivity contribution in [3.63, 3.8) is 0 Å². The number of nitrogens with one attached hydrogen (secondary N) is 2. The molecule has 1 amide bonds. The van der Waals surface area contributed by atoms with Crippen LogP contribution in [0.3, 0.4) is 0 Å². The van der Waals surface area contributed by atoms with E-state index in [2.05, 4.69) is 47.7 Å². The van der Waals surface area contributed by atoms with Crippen molar-refractivity contribution in [1.82, 2.24) is 4.98 Å². The fourth-order valence-corrected chi connectivity index (χ4v) is 2.87. The number of methoxy groups -OCH3 is 1. The number of amides is 1. The fraction of sp³-hybridized carbons (Fsp3) is 0.182. The Kier molecular flexibility index (Phi) is 5.71. The zero-order valence-electron chi connectivity index (χ0n) is 15.7. The Bertz CT molecular complexity index is 937. The van der Waals surface area contributed by atoms with Gasteiger partial charge in [0.05, 0.1) is 18.4 Å². The van der Waals surface area contributed by atoms with Gasteiger partial charge in [-0.25, -0.2) is 4.98 Å². The van der Waals surface area contributed by atoms with Gasteiger partial charge in [-0.05, 0) is 48.7 Å². The molecule has 0 fully saturated rings. The number of rotatable bonds is 6. The van der Waals surface area contributed by atoms with Crippen molar-refractivity contribution in [3.05, 3.63) is 77.5 Å². The van der Waals surface area contributed by atoms with Crippen LogP contribution in [0.4, 0.5) is 17.2 Å². The Balaban J connectivity index is 1.75. The molecule has 0 aliphatic heterocycles. The molecule has 3 rings (SSSR count). The molecule has 1 aromatic heterocycles. The first-order valence-electron chi connectivity index (χ1n) is 8.88. The standard InChI is InChI=1S/C22H23N3O2/c1-4-16-9-7-8-15(2)21(16)25-20-13-12-17(14-23-20)22(26)24-18-10-5-6-11-19(18)27-3/h5-14H,4H2,1-3H3,(H,23,25)(H,24,26). The van der Waals surface area contributed by atoms with Crippen molar-refractivity contribution in [2.45, 2.75) is 20.3 Å². The number of anilines is 3. The van der Waals surface area contributed by atoms with Gasteiger partial charge in [0.2, 0.25) is 0 Å². The first-order valence-corrected chi connectivity index (χ1v) is 8.88. The Morgan fingerprint density at radius 2 is 1.89 bits per heavy atom. The second-order valence-electron chi connectivity index (χ2n) is 6.17. The molecule has 0 aliphatic rings. The van der Waals surface area contributed by atoms with Gasteiger partial charge >= 0.3 is 0 Å². The molecule has 0 saturated carbocycles. The van der Waals surface area contributed by atoms with Gasteiger partial charge in [-0.2, -0.15) is 0 Å². The van der Waals surface area contributed by atoms with Crippen LogP contribution in [0.1, 0.15) is 28.4 Å². The SMILES string of the molecule is CCc1cccc(C)c1Nc1ccc(C(=O)Nc2ccccc2OC)cn1. The number of hydrogen-bond donors (Lipinski definition) is 2. The Hall–Kier alpha value is -3.34. The summed E-state index contributed by atoms with van der Waals surface area (Å²) in [4.78, 5) is 16.9. The highest BCUT2D eigenvalue weighted by Crippen LogP contribution is 2.25. The van der Waals surface area contributed by atoms with E-state index in [-0.39, 0.29) is 5.91 Å². The number of hydrogen-bond acceptors (Lipinski definition) is 4. The molecule has 5 nitrogen and oxygen atoms in total. The molecule has 0 bridgehead atoms. The van der Waals surface area contributed by atoms with Crippen LogP contribution >= 0.6 is 0 Å². The minimum atomic E-state index is -0.233. The normalized spacial score (nSPS) is 10.3. The van der Waals surface area contributed by atoms with E-state index < -0.39 is 0 Å². The summed E-state index contributed by atoms with van der Waals surface area (Å²) in [5, 5.41) is 6.21. The zero-order valence-corrected chi connectivity index (χ0v) is 15.7. The number of benzene rings is 2. The second-order valence-corrected chi connectivity index (χ2v) is 6.17. The zero-order chi connectivity index (χ0) is 19.2. The minimum Gasteiger partial charge on any atom is -0.495 e. The maximum absolute atomic E-state index is 12.5. The van der Waals surface area contributed by atoms with E-state index in [0.29, 0.717) is 22.8 Å². The topological polar surface area (TPSA) is 63.2 Å². The lowest BCUT2D eigenvalue weighted by Gasteiger charge is -2.14. The van der Waals surface area contributed by atoms with Gasteiger partial charge in [0.25, 0.3) is 5.91 Å². The van der Waals surface area contributed by atoms with Gasteiger partial charge < -0.3 is 15.4 Å². The molecular weight excluding hydrogens is 338 g/mol. The average molecular weight is 361 g/mol. The van der Waals surface area contributed by atoms with E-state index >= 15 is 0 Å². The minimum absolute atomic E-state index is 0.233. The van der Waals surface area contributed by atoms with Gasteiger partial charge in [0, 0.05) is 11.9 Å². The molecule has 0 aliphatic carbocycles. The molecule has 138 valence electrons. The van der Waals surface area contributed by atoms with Crippen LogP contribution in [0.2, 0.25) is 0 Å². The van der Waals surface area contributed by atoms with E-state index in [9.17, 15) is 4.79 Å². The smallest absolute Gasteiger partial charge is 0.257 e. The summed E-state index contributed by atoms with van der Waals surface area (Å²) < 4.78 is 5.26. The molecule has 0 atom stereocenters. The van der Waals surface area contributed by atoms with E-state index in [1.807, 2.05) is 18.2 Å². The van der Waals surface area contributed by atoms with Crippen LogP contribution in [0.15, 0.2) is 60.8 Å². The summed E-state index contributed by atoms with van der Waals surface area (Å²) >= 11 is 0. The van der Waals surface area contributed by atoms with Crippen LogP contribution in [0.5, 0.6) is 5.75 Å². The molecule has 0 spiro atoms. The van der Waals surface area contributed by atoms with Crippen molar-refractivity contribution < 1.29 is 9.53 Å². The first kappa shape index (κ1) is 18.5. The maximum Gasteiger partial charge on any atom is 0.257 e. The molecule has 3 aromatic rings. The van der Waals surface area contributed by atoms with E-state index in [0.717, 1.165) is 17.7 Å². The lowest BCUT2D eigenvalue weighted by Crippen LogP contribution is -2.13. The fourth-order valence-electron chi connectivity index (χ4n) is 2.87. The van der Waals surface area contributed by atoms with Gasteiger partial charge in [-0.1, -0.05) is 37.3 Å². The average Bonchev–Trinajstić information content (AvgIpc) is 2.70. The maximum atomic E-state index is 12.5. The molecular formula is C22H23N3O2. The van der Waals surface area contributed by atoms with Gasteiger partial charge in [0.15, 0.2) is 0 Å². The third-order valence-corrected chi connectivity index (χ3v) is 4.37. The quantitative estimate of drug-likeness (QED) is 0.651. The summed E-state index contributed by atoms with van der Waals surface area (Å²) in [6.45, 7) is 4.19. The molecule has 2 aromatic carbocycles. The summed E-state index contributed by atoms with van der Waals surface area (Å²) in [7, 11) is 1.57. The van der Waals surface area contributed by atoms with Crippen LogP contribution in [-0.4, -0.2) is 18.0 Å². The Morgan fingerprint density at radius 1 is 1.07 bits per heavy atom. The van der Waals surface area contributed by atoms with Crippen LogP contribution in [-0.2, 0) is 6.42 Å². The van der Waals surface area contributed by atoms with E-state index in [1.165, 1.54) is 5.56 Å². The lowest BCUT2D eigenvalue weighted by atomic mass is 10.1. The molecule has 0 unspecified atom stereocenters. The number of aryl methyl sites for hydroxylation is 2.